The molecule has 0 aromatic heterocycles. The predicted molar refractivity (Wildman–Crippen MR) is 77.9 cm³/mol. The number of hydrogen-bond donors (Lipinski definition) is 1. The zero-order valence-corrected chi connectivity index (χ0v) is 13.7. The molecule has 0 aromatic carbocycles. The molecule has 4 nitrogen and oxygen atoms in total. The number of hydrogen-bond acceptors (Lipinski definition) is 4. The first-order chi connectivity index (χ1) is 8.39. The highest BCUT2D eigenvalue weighted by Crippen LogP contribution is 2.45. The first kappa shape index (κ1) is 16.5. The molecule has 6 heteroatoms. The molecule has 0 aliphatic carbocycles. The van der Waals surface area contributed by atoms with E-state index in [9.17, 15) is 0 Å². The Bertz CT molecular complexity index is 282. The summed E-state index contributed by atoms with van der Waals surface area (Å²) in [4.78, 5) is 1.53. The van der Waals surface area contributed by atoms with Gasteiger partial charge in [-0.25, -0.2) is 0 Å². The summed E-state index contributed by atoms with van der Waals surface area (Å²) in [6.07, 6.45) is 0.154. The maximum atomic E-state index is 5.93. The summed E-state index contributed by atoms with van der Waals surface area (Å²) in [6, 6.07) is 0. The van der Waals surface area contributed by atoms with Crippen molar-refractivity contribution in [1.29, 1.82) is 0 Å². The van der Waals surface area contributed by atoms with Crippen LogP contribution in [-0.2, 0) is 25.6 Å². The molecule has 1 rings (SSSR count). The van der Waals surface area contributed by atoms with Crippen LogP contribution < -0.4 is 4.90 Å². The van der Waals surface area contributed by atoms with Gasteiger partial charge in [0.05, 0.1) is 19.8 Å². The van der Waals surface area contributed by atoms with E-state index in [0.29, 0.717) is 12.5 Å². The van der Waals surface area contributed by atoms with E-state index in [4.69, 9.17) is 25.6 Å². The van der Waals surface area contributed by atoms with Crippen molar-refractivity contribution in [3.63, 3.8) is 0 Å². The summed E-state index contributed by atoms with van der Waals surface area (Å²) < 4.78 is 17.0. The molecule has 1 aliphatic heterocycles. The van der Waals surface area contributed by atoms with Crippen LogP contribution in [0.3, 0.4) is 0 Å². The molecule has 18 heavy (non-hydrogen) atoms. The van der Waals surface area contributed by atoms with E-state index in [1.54, 1.807) is 0 Å². The Hall–Kier alpha value is 0.490. The van der Waals surface area contributed by atoms with Crippen molar-refractivity contribution < 1.29 is 18.7 Å². The Kier molecular flexibility index (Phi) is 7.29. The second kappa shape index (κ2) is 7.93. The molecule has 1 N–H and O–H groups in total. The van der Waals surface area contributed by atoms with Gasteiger partial charge in [0.2, 0.25) is 0 Å². The molecule has 0 unspecified atom stereocenters. The molecule has 0 amide bonds. The minimum atomic E-state index is -2.08. The smallest absolute Gasteiger partial charge is 0.186 e. The van der Waals surface area contributed by atoms with Crippen LogP contribution in [0.5, 0.6) is 0 Å². The first-order valence-corrected chi connectivity index (χ1v) is 9.79. The van der Waals surface area contributed by atoms with Gasteiger partial charge in [-0.1, -0.05) is 13.8 Å². The highest BCUT2D eigenvalue weighted by Gasteiger charge is 2.22. The van der Waals surface area contributed by atoms with E-state index >= 15 is 0 Å². The third-order valence-corrected chi connectivity index (χ3v) is 4.73. The standard InChI is InChI=1S/C12H26NO3PS/c1-11(2)10-15-17(4,18)16-12(3)9-13-5-7-14-8-6-13/h11-12H,5-10H2,1-4H3/p+1/t12-,17+/m0/s1. The molecule has 1 saturated heterocycles. The Balaban J connectivity index is 2.28. The number of ether oxygens (including phenoxy) is 1. The number of nitrogens with one attached hydrogen (secondary N) is 1. The fraction of sp³-hybridized carbons (Fsp3) is 1.00. The zero-order valence-electron chi connectivity index (χ0n) is 12.0. The van der Waals surface area contributed by atoms with Crippen LogP contribution in [0.25, 0.3) is 0 Å². The van der Waals surface area contributed by atoms with Crippen LogP contribution in [0.15, 0.2) is 0 Å². The monoisotopic (exact) mass is 296 g/mol. The molecule has 1 heterocycles. The molecule has 0 saturated carbocycles. The lowest BCUT2D eigenvalue weighted by atomic mass is 10.2. The Morgan fingerprint density at radius 3 is 2.44 bits per heavy atom. The van der Waals surface area contributed by atoms with E-state index in [-0.39, 0.29) is 6.10 Å². The molecule has 1 fully saturated rings. The van der Waals surface area contributed by atoms with Crippen molar-refractivity contribution in [2.24, 2.45) is 5.92 Å². The molecule has 2 atom stereocenters. The summed E-state index contributed by atoms with van der Waals surface area (Å²) in [7, 11) is 0. The Labute approximate surface area is 116 Å². The van der Waals surface area contributed by atoms with E-state index in [1.807, 2.05) is 6.66 Å². The normalized spacial score (nSPS) is 22.9. The molecule has 0 radical (unpaired) electrons. The van der Waals surface area contributed by atoms with Gasteiger partial charge in [0.25, 0.3) is 0 Å². The molecule has 1 aliphatic rings. The van der Waals surface area contributed by atoms with Crippen LogP contribution in [-0.4, -0.2) is 52.2 Å². The summed E-state index contributed by atoms with van der Waals surface area (Å²) >= 11 is 5.44. The molecule has 0 bridgehead atoms. The van der Waals surface area contributed by atoms with Crippen molar-refractivity contribution in [1.82, 2.24) is 0 Å². The van der Waals surface area contributed by atoms with E-state index in [1.165, 1.54) is 4.90 Å². The van der Waals surface area contributed by atoms with Gasteiger partial charge < -0.3 is 18.7 Å². The lowest BCUT2D eigenvalue weighted by Crippen LogP contribution is -3.15. The van der Waals surface area contributed by atoms with Crippen LogP contribution in [0.1, 0.15) is 20.8 Å². The average molecular weight is 296 g/mol. The minimum Gasteiger partial charge on any atom is -0.370 e. The van der Waals surface area contributed by atoms with Crippen molar-refractivity contribution in [2.45, 2.75) is 26.9 Å². The minimum absolute atomic E-state index is 0.154. The lowest BCUT2D eigenvalue weighted by molar-refractivity contribution is -0.910. The third kappa shape index (κ3) is 7.17. The summed E-state index contributed by atoms with van der Waals surface area (Å²) in [5, 5.41) is 0. The number of rotatable bonds is 7. The summed E-state index contributed by atoms with van der Waals surface area (Å²) in [6.45, 7) is 11.7. The second-order valence-electron chi connectivity index (χ2n) is 5.44. The van der Waals surface area contributed by atoms with Gasteiger partial charge in [-0.3, -0.25) is 0 Å². The summed E-state index contributed by atoms with van der Waals surface area (Å²) in [5.74, 6) is 0.496. The van der Waals surface area contributed by atoms with Crippen molar-refractivity contribution >= 4 is 18.3 Å². The lowest BCUT2D eigenvalue weighted by Gasteiger charge is -2.28. The van der Waals surface area contributed by atoms with Crippen molar-refractivity contribution in [3.05, 3.63) is 0 Å². The highest BCUT2D eigenvalue weighted by atomic mass is 32.5. The van der Waals surface area contributed by atoms with Gasteiger partial charge >= 0.3 is 0 Å². The van der Waals surface area contributed by atoms with Gasteiger partial charge in [0, 0.05) is 6.66 Å². The second-order valence-corrected chi connectivity index (χ2v) is 9.45. The number of morpholine rings is 1. The fourth-order valence-corrected chi connectivity index (χ4v) is 3.93. The van der Waals surface area contributed by atoms with Crippen LogP contribution in [0, 0.1) is 5.92 Å². The molecule has 0 aromatic rings. The van der Waals surface area contributed by atoms with Gasteiger partial charge in [0.1, 0.15) is 25.7 Å². The molecular formula is C12H27NO3PS+. The van der Waals surface area contributed by atoms with Gasteiger partial charge in [-0.2, -0.15) is 0 Å². The predicted octanol–water partition coefficient (Wildman–Crippen LogP) is 0.919. The number of quaternary nitrogens is 1. The molecular weight excluding hydrogens is 269 g/mol. The molecule has 108 valence electrons. The van der Waals surface area contributed by atoms with Gasteiger partial charge in [-0.15, -0.1) is 0 Å². The molecule has 0 spiro atoms. The largest absolute Gasteiger partial charge is 0.370 e. The van der Waals surface area contributed by atoms with Crippen molar-refractivity contribution in [2.75, 3.05) is 46.1 Å². The van der Waals surface area contributed by atoms with Crippen molar-refractivity contribution in [3.8, 4) is 0 Å². The average Bonchev–Trinajstić information content (AvgIpc) is 2.27. The zero-order chi connectivity index (χ0) is 13.6. The fourth-order valence-electron chi connectivity index (χ4n) is 1.95. The first-order valence-electron chi connectivity index (χ1n) is 6.71. The van der Waals surface area contributed by atoms with Crippen LogP contribution in [0.4, 0.5) is 0 Å². The quantitative estimate of drug-likeness (QED) is 0.708. The van der Waals surface area contributed by atoms with E-state index in [0.717, 1.165) is 32.8 Å². The maximum absolute atomic E-state index is 5.93. The Morgan fingerprint density at radius 1 is 1.28 bits per heavy atom. The summed E-state index contributed by atoms with van der Waals surface area (Å²) in [5.41, 5.74) is 0. The third-order valence-electron chi connectivity index (χ3n) is 2.79. The highest BCUT2D eigenvalue weighted by molar-refractivity contribution is 8.09. The van der Waals surface area contributed by atoms with Crippen LogP contribution in [0.2, 0.25) is 0 Å². The maximum Gasteiger partial charge on any atom is 0.186 e. The topological polar surface area (TPSA) is 32.1 Å². The van der Waals surface area contributed by atoms with Gasteiger partial charge in [-0.05, 0) is 24.6 Å². The van der Waals surface area contributed by atoms with E-state index < -0.39 is 6.49 Å². The Morgan fingerprint density at radius 2 is 1.89 bits per heavy atom. The SMILES string of the molecule is CC(C)CO[P@@](C)(=S)O[C@@H](C)C[NH+]1CCOCC1. The van der Waals surface area contributed by atoms with Gasteiger partial charge in [0.15, 0.2) is 6.49 Å². The van der Waals surface area contributed by atoms with E-state index in [2.05, 4.69) is 20.8 Å². The van der Waals surface area contributed by atoms with Crippen LogP contribution >= 0.6 is 6.49 Å².